The molecule has 1 unspecified atom stereocenters. The highest BCUT2D eigenvalue weighted by atomic mass is 19.1. The van der Waals surface area contributed by atoms with Crippen LogP contribution in [-0.4, -0.2) is 28.0 Å². The minimum absolute atomic E-state index is 0.163. The van der Waals surface area contributed by atoms with Crippen molar-refractivity contribution in [3.05, 3.63) is 47.5 Å². The molecule has 0 saturated heterocycles. The van der Waals surface area contributed by atoms with Crippen LogP contribution in [0.1, 0.15) is 30.6 Å². The molecule has 2 rings (SSSR count). The maximum absolute atomic E-state index is 12.9. The Labute approximate surface area is 118 Å². The minimum Gasteiger partial charge on any atom is -0.396 e. The molecule has 108 valence electrons. The molecule has 0 saturated carbocycles. The van der Waals surface area contributed by atoms with E-state index in [9.17, 15) is 4.39 Å². The third-order valence-electron chi connectivity index (χ3n) is 3.37. The molecule has 4 nitrogen and oxygen atoms in total. The van der Waals surface area contributed by atoms with Gasteiger partial charge in [0.2, 0.25) is 0 Å². The molecule has 0 aliphatic carbocycles. The second kappa shape index (κ2) is 6.63. The van der Waals surface area contributed by atoms with Crippen molar-refractivity contribution in [1.82, 2.24) is 15.1 Å². The Kier molecular flexibility index (Phi) is 4.87. The number of nitrogens with one attached hydrogen (secondary N) is 1. The molecule has 1 atom stereocenters. The van der Waals surface area contributed by atoms with Gasteiger partial charge in [-0.25, -0.2) is 9.07 Å². The fourth-order valence-electron chi connectivity index (χ4n) is 2.20. The van der Waals surface area contributed by atoms with Crippen LogP contribution in [0.15, 0.2) is 30.5 Å². The van der Waals surface area contributed by atoms with Gasteiger partial charge in [0.15, 0.2) is 0 Å². The second-order valence-electron chi connectivity index (χ2n) is 4.83. The van der Waals surface area contributed by atoms with E-state index >= 15 is 0 Å². The number of aromatic nitrogens is 2. The lowest BCUT2D eigenvalue weighted by Crippen LogP contribution is -2.21. The van der Waals surface area contributed by atoms with Crippen molar-refractivity contribution >= 4 is 0 Å². The van der Waals surface area contributed by atoms with E-state index < -0.39 is 0 Å². The molecule has 2 N–H and O–H groups in total. The SMILES string of the molecule is Cc1c(C(C)NCCCO)cnn1-c1ccc(F)cc1. The summed E-state index contributed by atoms with van der Waals surface area (Å²) in [5.41, 5.74) is 2.98. The summed E-state index contributed by atoms with van der Waals surface area (Å²) in [6.07, 6.45) is 2.56. The van der Waals surface area contributed by atoms with Gasteiger partial charge in [-0.2, -0.15) is 5.10 Å². The highest BCUT2D eigenvalue weighted by molar-refractivity contribution is 5.35. The van der Waals surface area contributed by atoms with Gasteiger partial charge in [-0.15, -0.1) is 0 Å². The summed E-state index contributed by atoms with van der Waals surface area (Å²) in [6, 6.07) is 6.44. The number of rotatable bonds is 6. The van der Waals surface area contributed by atoms with Crippen LogP contribution in [0.25, 0.3) is 5.69 Å². The molecular weight excluding hydrogens is 257 g/mol. The van der Waals surface area contributed by atoms with Gasteiger partial charge >= 0.3 is 0 Å². The average Bonchev–Trinajstić information content (AvgIpc) is 2.82. The van der Waals surface area contributed by atoms with Gasteiger partial charge in [0.1, 0.15) is 5.82 Å². The van der Waals surface area contributed by atoms with Crippen molar-refractivity contribution in [3.8, 4) is 5.69 Å². The first-order chi connectivity index (χ1) is 9.63. The first kappa shape index (κ1) is 14.7. The lowest BCUT2D eigenvalue weighted by molar-refractivity contribution is 0.284. The quantitative estimate of drug-likeness (QED) is 0.797. The largest absolute Gasteiger partial charge is 0.396 e. The molecule has 0 fully saturated rings. The average molecular weight is 277 g/mol. The number of aliphatic hydroxyl groups excluding tert-OH is 1. The Morgan fingerprint density at radius 2 is 2.05 bits per heavy atom. The summed E-state index contributed by atoms with van der Waals surface area (Å²) in [5.74, 6) is -0.252. The van der Waals surface area contributed by atoms with Crippen LogP contribution < -0.4 is 5.32 Å². The maximum atomic E-state index is 12.9. The molecule has 0 amide bonds. The van der Waals surface area contributed by atoms with E-state index in [1.807, 2.05) is 13.1 Å². The maximum Gasteiger partial charge on any atom is 0.123 e. The second-order valence-corrected chi connectivity index (χ2v) is 4.83. The molecule has 1 aromatic heterocycles. The predicted octanol–water partition coefficient (Wildman–Crippen LogP) is 2.35. The predicted molar refractivity (Wildman–Crippen MR) is 76.4 cm³/mol. The van der Waals surface area contributed by atoms with Gasteiger partial charge in [-0.3, -0.25) is 0 Å². The number of hydrogen-bond acceptors (Lipinski definition) is 3. The van der Waals surface area contributed by atoms with Crippen molar-refractivity contribution in [2.75, 3.05) is 13.2 Å². The molecule has 0 aliphatic heterocycles. The van der Waals surface area contributed by atoms with E-state index in [0.29, 0.717) is 0 Å². The Balaban J connectivity index is 2.16. The third-order valence-corrected chi connectivity index (χ3v) is 3.37. The minimum atomic E-state index is -0.252. The molecular formula is C15H20FN3O. The Morgan fingerprint density at radius 1 is 1.35 bits per heavy atom. The van der Waals surface area contributed by atoms with Gasteiger partial charge in [-0.1, -0.05) is 0 Å². The third kappa shape index (κ3) is 3.23. The fraction of sp³-hybridized carbons (Fsp3) is 0.400. The fourth-order valence-corrected chi connectivity index (χ4v) is 2.20. The summed E-state index contributed by atoms with van der Waals surface area (Å²) in [7, 11) is 0. The zero-order valence-corrected chi connectivity index (χ0v) is 11.8. The van der Waals surface area contributed by atoms with E-state index in [1.165, 1.54) is 12.1 Å². The molecule has 0 bridgehead atoms. The van der Waals surface area contributed by atoms with Gasteiger partial charge in [0, 0.05) is 23.9 Å². The highest BCUT2D eigenvalue weighted by Gasteiger charge is 2.13. The van der Waals surface area contributed by atoms with E-state index in [2.05, 4.69) is 17.3 Å². The molecule has 0 aliphatic rings. The van der Waals surface area contributed by atoms with E-state index in [1.54, 1.807) is 16.8 Å². The Hall–Kier alpha value is -1.72. The number of hydrogen-bond donors (Lipinski definition) is 2. The topological polar surface area (TPSA) is 50.1 Å². The van der Waals surface area contributed by atoms with Crippen molar-refractivity contribution < 1.29 is 9.50 Å². The van der Waals surface area contributed by atoms with Crippen LogP contribution in [0.3, 0.4) is 0 Å². The van der Waals surface area contributed by atoms with Crippen LogP contribution in [0.4, 0.5) is 4.39 Å². The zero-order chi connectivity index (χ0) is 14.5. The van der Waals surface area contributed by atoms with Crippen LogP contribution in [0.2, 0.25) is 0 Å². The highest BCUT2D eigenvalue weighted by Crippen LogP contribution is 2.20. The Bertz CT molecular complexity index is 551. The van der Waals surface area contributed by atoms with Gasteiger partial charge < -0.3 is 10.4 Å². The van der Waals surface area contributed by atoms with Crippen molar-refractivity contribution in [2.24, 2.45) is 0 Å². The van der Waals surface area contributed by atoms with Crippen LogP contribution in [-0.2, 0) is 0 Å². The first-order valence-corrected chi connectivity index (χ1v) is 6.78. The first-order valence-electron chi connectivity index (χ1n) is 6.78. The summed E-state index contributed by atoms with van der Waals surface area (Å²) >= 11 is 0. The van der Waals surface area contributed by atoms with Gasteiger partial charge in [-0.05, 0) is 51.1 Å². The molecule has 2 aromatic rings. The molecule has 20 heavy (non-hydrogen) atoms. The Morgan fingerprint density at radius 3 is 2.70 bits per heavy atom. The van der Waals surface area contributed by atoms with Crippen molar-refractivity contribution in [1.29, 1.82) is 0 Å². The van der Waals surface area contributed by atoms with Crippen molar-refractivity contribution in [3.63, 3.8) is 0 Å². The van der Waals surface area contributed by atoms with Crippen molar-refractivity contribution in [2.45, 2.75) is 26.3 Å². The van der Waals surface area contributed by atoms with Crippen LogP contribution in [0, 0.1) is 12.7 Å². The zero-order valence-electron chi connectivity index (χ0n) is 11.8. The van der Waals surface area contributed by atoms with E-state index in [4.69, 9.17) is 5.11 Å². The molecule has 1 heterocycles. The smallest absolute Gasteiger partial charge is 0.123 e. The summed E-state index contributed by atoms with van der Waals surface area (Å²) in [4.78, 5) is 0. The molecule has 1 aromatic carbocycles. The summed E-state index contributed by atoms with van der Waals surface area (Å²) < 4.78 is 14.8. The van der Waals surface area contributed by atoms with E-state index in [-0.39, 0.29) is 18.5 Å². The summed E-state index contributed by atoms with van der Waals surface area (Å²) in [5, 5.41) is 16.5. The number of nitrogens with zero attached hydrogens (tertiary/aromatic N) is 2. The normalized spacial score (nSPS) is 12.6. The van der Waals surface area contributed by atoms with Gasteiger partial charge in [0.25, 0.3) is 0 Å². The molecule has 0 spiro atoms. The lowest BCUT2D eigenvalue weighted by Gasteiger charge is -2.13. The number of aliphatic hydroxyl groups is 1. The molecule has 0 radical (unpaired) electrons. The number of halogens is 1. The molecule has 5 heteroatoms. The van der Waals surface area contributed by atoms with Crippen LogP contribution in [0.5, 0.6) is 0 Å². The van der Waals surface area contributed by atoms with E-state index in [0.717, 1.165) is 29.9 Å². The lowest BCUT2D eigenvalue weighted by atomic mass is 10.1. The number of benzene rings is 1. The monoisotopic (exact) mass is 277 g/mol. The van der Waals surface area contributed by atoms with Gasteiger partial charge in [0.05, 0.1) is 11.9 Å². The summed E-state index contributed by atoms with van der Waals surface area (Å²) in [6.45, 7) is 5.01. The van der Waals surface area contributed by atoms with Crippen LogP contribution >= 0.6 is 0 Å². The standard InChI is InChI=1S/C15H20FN3O/c1-11(17-8-3-9-20)15-10-18-19(12(15)2)14-6-4-13(16)5-7-14/h4-7,10-11,17,20H,3,8-9H2,1-2H3.